The van der Waals surface area contributed by atoms with Crippen LogP contribution in [0.25, 0.3) is 5.52 Å². The van der Waals surface area contributed by atoms with Crippen LogP contribution in [0.15, 0.2) is 18.5 Å². The summed E-state index contributed by atoms with van der Waals surface area (Å²) in [5.74, 6) is 0.991. The molecule has 0 amide bonds. The van der Waals surface area contributed by atoms with Crippen LogP contribution >= 0.6 is 11.6 Å². The van der Waals surface area contributed by atoms with Crippen LogP contribution in [0.1, 0.15) is 36.5 Å². The number of nitrogens with two attached hydrogens (primary N) is 2. The molecular weight excluding hydrogens is 341 g/mol. The van der Waals surface area contributed by atoms with Gasteiger partial charge in [0.15, 0.2) is 5.82 Å². The Morgan fingerprint density at radius 1 is 1.32 bits per heavy atom. The summed E-state index contributed by atoms with van der Waals surface area (Å²) < 4.78 is 16.1. The molecule has 4 N–H and O–H groups in total. The molecule has 5 nitrogen and oxygen atoms in total. The highest BCUT2D eigenvalue weighted by Gasteiger charge is 2.19. The highest BCUT2D eigenvalue weighted by atomic mass is 35.5. The van der Waals surface area contributed by atoms with Gasteiger partial charge in [-0.15, -0.1) is 0 Å². The fourth-order valence-corrected chi connectivity index (χ4v) is 3.39. The molecule has 0 aliphatic heterocycles. The van der Waals surface area contributed by atoms with Crippen molar-refractivity contribution in [3.8, 4) is 0 Å². The van der Waals surface area contributed by atoms with Gasteiger partial charge in [-0.3, -0.25) is 4.40 Å². The van der Waals surface area contributed by atoms with E-state index < -0.39 is 5.82 Å². The first kappa shape index (κ1) is 17.5. The second-order valence-electron chi connectivity index (χ2n) is 6.64. The molecule has 0 bridgehead atoms. The number of benzene rings is 1. The Hall–Kier alpha value is -2.34. The Morgan fingerprint density at radius 3 is 2.72 bits per heavy atom. The summed E-state index contributed by atoms with van der Waals surface area (Å²) in [6, 6.07) is 1.64. The number of rotatable bonds is 4. The van der Waals surface area contributed by atoms with Gasteiger partial charge < -0.3 is 11.5 Å². The first-order chi connectivity index (χ1) is 11.8. The Morgan fingerprint density at radius 2 is 2.04 bits per heavy atom. The fraction of sp³-hybridized carbons (Fsp3) is 0.333. The maximum Gasteiger partial charge on any atom is 0.164 e. The first-order valence-corrected chi connectivity index (χ1v) is 8.50. The minimum Gasteiger partial charge on any atom is -0.396 e. The van der Waals surface area contributed by atoms with Crippen molar-refractivity contribution in [3.05, 3.63) is 51.9 Å². The third kappa shape index (κ3) is 3.14. The molecule has 3 aromatic rings. The summed E-state index contributed by atoms with van der Waals surface area (Å²) in [7, 11) is 0. The smallest absolute Gasteiger partial charge is 0.164 e. The number of fused-ring (bicyclic) bond motifs is 1. The maximum atomic E-state index is 14.2. The van der Waals surface area contributed by atoms with E-state index >= 15 is 0 Å². The van der Waals surface area contributed by atoms with Gasteiger partial charge in [0.2, 0.25) is 0 Å². The number of hydrogen-bond acceptors (Lipinski definition) is 4. The summed E-state index contributed by atoms with van der Waals surface area (Å²) in [4.78, 5) is 8.72. The van der Waals surface area contributed by atoms with E-state index in [2.05, 4.69) is 23.8 Å². The van der Waals surface area contributed by atoms with Gasteiger partial charge in [0.1, 0.15) is 17.2 Å². The van der Waals surface area contributed by atoms with E-state index in [1.807, 2.05) is 17.5 Å². The minimum atomic E-state index is -0.557. The number of nitrogen functional groups attached to an aromatic ring is 2. The predicted molar refractivity (Wildman–Crippen MR) is 99.3 cm³/mol. The van der Waals surface area contributed by atoms with Crippen molar-refractivity contribution in [1.82, 2.24) is 14.4 Å². The maximum absolute atomic E-state index is 14.2. The zero-order chi connectivity index (χ0) is 18.3. The van der Waals surface area contributed by atoms with Crippen LogP contribution in [0.2, 0.25) is 5.02 Å². The van der Waals surface area contributed by atoms with Gasteiger partial charge in [-0.1, -0.05) is 25.4 Å². The molecule has 0 radical (unpaired) electrons. The molecule has 0 saturated carbocycles. The van der Waals surface area contributed by atoms with Gasteiger partial charge in [0, 0.05) is 18.8 Å². The van der Waals surface area contributed by atoms with Gasteiger partial charge in [0.05, 0.1) is 16.4 Å². The van der Waals surface area contributed by atoms with Crippen molar-refractivity contribution >= 4 is 28.6 Å². The Kier molecular flexibility index (Phi) is 4.56. The second kappa shape index (κ2) is 6.52. The third-order valence-corrected chi connectivity index (χ3v) is 4.53. The van der Waals surface area contributed by atoms with Crippen molar-refractivity contribution in [1.29, 1.82) is 0 Å². The Bertz CT molecular complexity index is 949. The molecule has 132 valence electrons. The zero-order valence-corrected chi connectivity index (χ0v) is 15.2. The summed E-state index contributed by atoms with van der Waals surface area (Å²) in [6.45, 7) is 6.02. The summed E-state index contributed by atoms with van der Waals surface area (Å²) in [5.41, 5.74) is 15.3. The van der Waals surface area contributed by atoms with Gasteiger partial charge in [-0.2, -0.15) is 0 Å². The van der Waals surface area contributed by atoms with Crippen molar-refractivity contribution in [2.24, 2.45) is 5.92 Å². The van der Waals surface area contributed by atoms with Gasteiger partial charge in [-0.25, -0.2) is 14.4 Å². The van der Waals surface area contributed by atoms with Crippen LogP contribution in [-0.4, -0.2) is 14.4 Å². The highest BCUT2D eigenvalue weighted by Crippen LogP contribution is 2.31. The van der Waals surface area contributed by atoms with Crippen molar-refractivity contribution in [2.75, 3.05) is 11.5 Å². The standard InChI is InChI=1S/C18H21ClFN5/c1-9(2)6-12-11(7-13(19)15(20)16(12)21)8-14-24-10(3)17-18(22)23-4-5-25(14)17/h4-5,7,9H,6,8,21H2,1-3H3,(H2,22,23). The van der Waals surface area contributed by atoms with E-state index in [1.165, 1.54) is 0 Å². The van der Waals surface area contributed by atoms with E-state index in [0.29, 0.717) is 24.6 Å². The molecule has 0 unspecified atom stereocenters. The number of nitrogens with zero attached hydrogens (tertiary/aromatic N) is 3. The number of aryl methyl sites for hydroxylation is 1. The highest BCUT2D eigenvalue weighted by molar-refractivity contribution is 6.31. The SMILES string of the molecule is Cc1nc(Cc2cc(Cl)c(F)c(N)c2CC(C)C)n2ccnc(N)c12. The predicted octanol–water partition coefficient (Wildman–Crippen LogP) is 3.78. The van der Waals surface area contributed by atoms with Crippen LogP contribution in [0, 0.1) is 18.7 Å². The average Bonchev–Trinajstić information content (AvgIpc) is 2.86. The van der Waals surface area contributed by atoms with E-state index in [4.69, 9.17) is 23.1 Å². The summed E-state index contributed by atoms with van der Waals surface area (Å²) in [6.07, 6.45) is 4.59. The van der Waals surface area contributed by atoms with Crippen molar-refractivity contribution < 1.29 is 4.39 Å². The molecule has 0 spiro atoms. The monoisotopic (exact) mass is 361 g/mol. The topological polar surface area (TPSA) is 82.2 Å². The van der Waals surface area contributed by atoms with E-state index in [1.54, 1.807) is 12.3 Å². The molecule has 0 fully saturated rings. The van der Waals surface area contributed by atoms with Crippen LogP contribution < -0.4 is 11.5 Å². The van der Waals surface area contributed by atoms with Crippen LogP contribution in [-0.2, 0) is 12.8 Å². The largest absolute Gasteiger partial charge is 0.396 e. The lowest BCUT2D eigenvalue weighted by atomic mass is 9.94. The molecule has 2 aromatic heterocycles. The molecule has 2 heterocycles. The number of imidazole rings is 1. The lowest BCUT2D eigenvalue weighted by molar-refractivity contribution is 0.615. The molecule has 0 saturated heterocycles. The summed E-state index contributed by atoms with van der Waals surface area (Å²) in [5, 5.41) is 0.0266. The zero-order valence-electron chi connectivity index (χ0n) is 14.5. The lowest BCUT2D eigenvalue weighted by Crippen LogP contribution is -2.09. The lowest BCUT2D eigenvalue weighted by Gasteiger charge is -2.16. The second-order valence-corrected chi connectivity index (χ2v) is 7.05. The molecule has 1 aromatic carbocycles. The fourth-order valence-electron chi connectivity index (χ4n) is 3.15. The van der Waals surface area contributed by atoms with Crippen LogP contribution in [0.4, 0.5) is 15.9 Å². The molecule has 3 rings (SSSR count). The molecule has 25 heavy (non-hydrogen) atoms. The summed E-state index contributed by atoms with van der Waals surface area (Å²) >= 11 is 6.03. The van der Waals surface area contributed by atoms with Gasteiger partial charge in [-0.05, 0) is 36.5 Å². The van der Waals surface area contributed by atoms with Gasteiger partial charge >= 0.3 is 0 Å². The Labute approximate surface area is 150 Å². The molecule has 0 atom stereocenters. The van der Waals surface area contributed by atoms with E-state index in [0.717, 1.165) is 28.2 Å². The molecule has 0 aliphatic carbocycles. The van der Waals surface area contributed by atoms with Gasteiger partial charge in [0.25, 0.3) is 0 Å². The van der Waals surface area contributed by atoms with Crippen molar-refractivity contribution in [3.63, 3.8) is 0 Å². The number of hydrogen-bond donors (Lipinski definition) is 2. The quantitative estimate of drug-likeness (QED) is 0.693. The van der Waals surface area contributed by atoms with E-state index in [-0.39, 0.29) is 10.7 Å². The molecular formula is C18H21ClFN5. The third-order valence-electron chi connectivity index (χ3n) is 4.25. The average molecular weight is 362 g/mol. The first-order valence-electron chi connectivity index (χ1n) is 8.12. The number of anilines is 2. The van der Waals surface area contributed by atoms with E-state index in [9.17, 15) is 4.39 Å². The number of aromatic nitrogens is 3. The number of halogens is 2. The van der Waals surface area contributed by atoms with Crippen LogP contribution in [0.5, 0.6) is 0 Å². The normalized spacial score (nSPS) is 11.6. The van der Waals surface area contributed by atoms with Crippen molar-refractivity contribution in [2.45, 2.75) is 33.6 Å². The molecule has 0 aliphatic rings. The molecule has 7 heteroatoms. The Balaban J connectivity index is 2.14. The van der Waals surface area contributed by atoms with Crippen LogP contribution in [0.3, 0.4) is 0 Å². The minimum absolute atomic E-state index is 0.0266.